The molecule has 0 bridgehead atoms. The van der Waals surface area contributed by atoms with Crippen LogP contribution in [0.3, 0.4) is 0 Å². The van der Waals surface area contributed by atoms with E-state index in [4.69, 9.17) is 0 Å². The minimum absolute atomic E-state index is 0.415. The van der Waals surface area contributed by atoms with E-state index in [0.29, 0.717) is 5.54 Å². The summed E-state index contributed by atoms with van der Waals surface area (Å²) >= 11 is 0. The Morgan fingerprint density at radius 1 is 1.44 bits per heavy atom. The molecule has 1 atom stereocenters. The molecule has 0 amide bonds. The lowest BCUT2D eigenvalue weighted by molar-refractivity contribution is 0.231. The minimum Gasteiger partial charge on any atom is -0.315 e. The van der Waals surface area contributed by atoms with Gasteiger partial charge in [0.1, 0.15) is 0 Å². The number of hydrogen-bond acceptors (Lipinski definition) is 2. The Bertz CT molecular complexity index is 99.5. The summed E-state index contributed by atoms with van der Waals surface area (Å²) in [5, 5.41) is 6.83. The van der Waals surface area contributed by atoms with Crippen LogP contribution in [0.1, 0.15) is 12.8 Å². The first-order valence-electron chi connectivity index (χ1n) is 3.71. The maximum absolute atomic E-state index is 3.44. The third-order valence-electron chi connectivity index (χ3n) is 2.36. The Kier molecular flexibility index (Phi) is 1.24. The number of rotatable bonds is 0. The summed E-state index contributed by atoms with van der Waals surface area (Å²) < 4.78 is 0. The fourth-order valence-corrected chi connectivity index (χ4v) is 1.64. The van der Waals surface area contributed by atoms with Gasteiger partial charge in [0, 0.05) is 18.6 Å². The Morgan fingerprint density at radius 2 is 2.33 bits per heavy atom. The van der Waals surface area contributed by atoms with Crippen LogP contribution in [-0.2, 0) is 0 Å². The Morgan fingerprint density at radius 3 is 2.67 bits per heavy atom. The van der Waals surface area contributed by atoms with Gasteiger partial charge in [-0.3, -0.25) is 0 Å². The maximum atomic E-state index is 3.44. The van der Waals surface area contributed by atoms with Crippen molar-refractivity contribution in [2.45, 2.75) is 18.4 Å². The van der Waals surface area contributed by atoms with Crippen LogP contribution in [0, 0.1) is 6.42 Å². The van der Waals surface area contributed by atoms with Crippen molar-refractivity contribution in [3.05, 3.63) is 6.42 Å². The van der Waals surface area contributed by atoms with Crippen molar-refractivity contribution in [2.24, 2.45) is 0 Å². The lowest BCUT2D eigenvalue weighted by Crippen LogP contribution is -2.64. The predicted octanol–water partition coefficient (Wildman–Crippen LogP) is -0.0839. The Labute approximate surface area is 56.0 Å². The van der Waals surface area contributed by atoms with Crippen molar-refractivity contribution in [1.82, 2.24) is 10.6 Å². The average Bonchev–Trinajstić information content (AvgIpc) is 1.87. The normalized spacial score (nSPS) is 42.7. The average molecular weight is 125 g/mol. The van der Waals surface area contributed by atoms with Gasteiger partial charge >= 0.3 is 0 Å². The molecular weight excluding hydrogens is 112 g/mol. The highest BCUT2D eigenvalue weighted by Gasteiger charge is 2.37. The van der Waals surface area contributed by atoms with E-state index in [0.717, 1.165) is 13.1 Å². The summed E-state index contributed by atoms with van der Waals surface area (Å²) in [6.07, 6.45) is 5.04. The number of nitrogens with one attached hydrogen (secondary N) is 2. The van der Waals surface area contributed by atoms with Crippen molar-refractivity contribution in [3.63, 3.8) is 0 Å². The molecule has 0 aromatic heterocycles. The molecule has 2 heteroatoms. The van der Waals surface area contributed by atoms with Crippen molar-refractivity contribution in [3.8, 4) is 0 Å². The highest BCUT2D eigenvalue weighted by molar-refractivity contribution is 5.13. The fourth-order valence-electron chi connectivity index (χ4n) is 1.64. The zero-order valence-electron chi connectivity index (χ0n) is 5.61. The van der Waals surface area contributed by atoms with Crippen molar-refractivity contribution in [1.29, 1.82) is 0 Å². The quantitative estimate of drug-likeness (QED) is 0.473. The number of piperidine rings is 1. The van der Waals surface area contributed by atoms with E-state index >= 15 is 0 Å². The van der Waals surface area contributed by atoms with Crippen LogP contribution in [-0.4, -0.2) is 25.2 Å². The second kappa shape index (κ2) is 1.96. The van der Waals surface area contributed by atoms with Crippen LogP contribution >= 0.6 is 0 Å². The second-order valence-corrected chi connectivity index (χ2v) is 3.02. The molecule has 2 aliphatic rings. The highest BCUT2D eigenvalue weighted by atomic mass is 15.1. The summed E-state index contributed by atoms with van der Waals surface area (Å²) in [4.78, 5) is 0. The molecule has 2 rings (SSSR count). The molecule has 2 saturated heterocycles. The lowest BCUT2D eigenvalue weighted by atomic mass is 9.81. The van der Waals surface area contributed by atoms with Gasteiger partial charge in [0.05, 0.1) is 0 Å². The van der Waals surface area contributed by atoms with Crippen LogP contribution in [0.5, 0.6) is 0 Å². The van der Waals surface area contributed by atoms with Gasteiger partial charge in [-0.2, -0.15) is 0 Å². The molecule has 51 valence electrons. The van der Waals surface area contributed by atoms with Gasteiger partial charge in [-0.05, 0) is 25.8 Å². The van der Waals surface area contributed by atoms with Gasteiger partial charge in [-0.1, -0.05) is 0 Å². The van der Waals surface area contributed by atoms with Crippen molar-refractivity contribution >= 4 is 0 Å². The van der Waals surface area contributed by atoms with Crippen LogP contribution in [0.4, 0.5) is 0 Å². The lowest BCUT2D eigenvalue weighted by Gasteiger charge is -2.45. The third-order valence-corrected chi connectivity index (χ3v) is 2.36. The summed E-state index contributed by atoms with van der Waals surface area (Å²) in [5.41, 5.74) is 0.415. The van der Waals surface area contributed by atoms with Gasteiger partial charge in [0.25, 0.3) is 0 Å². The van der Waals surface area contributed by atoms with Gasteiger partial charge < -0.3 is 10.6 Å². The summed E-state index contributed by atoms with van der Waals surface area (Å²) in [6, 6.07) is 0. The first-order valence-corrected chi connectivity index (χ1v) is 3.71. The first-order chi connectivity index (χ1) is 4.41. The van der Waals surface area contributed by atoms with Crippen LogP contribution in [0.2, 0.25) is 0 Å². The summed E-state index contributed by atoms with van der Waals surface area (Å²) in [6.45, 7) is 3.46. The molecule has 2 N–H and O–H groups in total. The van der Waals surface area contributed by atoms with E-state index in [1.807, 2.05) is 0 Å². The molecule has 1 unspecified atom stereocenters. The summed E-state index contributed by atoms with van der Waals surface area (Å²) in [7, 11) is 0. The van der Waals surface area contributed by atoms with Crippen LogP contribution < -0.4 is 10.6 Å². The molecule has 1 radical (unpaired) electrons. The molecule has 2 nitrogen and oxygen atoms in total. The molecule has 2 heterocycles. The predicted molar refractivity (Wildman–Crippen MR) is 37.1 cm³/mol. The van der Waals surface area contributed by atoms with E-state index < -0.39 is 0 Å². The molecule has 9 heavy (non-hydrogen) atoms. The van der Waals surface area contributed by atoms with E-state index in [-0.39, 0.29) is 0 Å². The zero-order chi connectivity index (χ0) is 6.16. The molecule has 0 aromatic rings. The van der Waals surface area contributed by atoms with Gasteiger partial charge in [-0.25, -0.2) is 0 Å². The molecule has 2 aliphatic heterocycles. The van der Waals surface area contributed by atoms with Crippen molar-refractivity contribution in [2.75, 3.05) is 19.6 Å². The van der Waals surface area contributed by atoms with E-state index in [9.17, 15) is 0 Å². The van der Waals surface area contributed by atoms with Crippen molar-refractivity contribution < 1.29 is 0 Å². The van der Waals surface area contributed by atoms with Gasteiger partial charge in [-0.15, -0.1) is 0 Å². The Hall–Kier alpha value is -0.0800. The maximum Gasteiger partial charge on any atom is 0.0351 e. The van der Waals surface area contributed by atoms with E-state index in [2.05, 4.69) is 17.1 Å². The molecule has 0 saturated carbocycles. The van der Waals surface area contributed by atoms with Gasteiger partial charge in [0.15, 0.2) is 0 Å². The molecule has 2 fully saturated rings. The first kappa shape index (κ1) is 5.69. The smallest absolute Gasteiger partial charge is 0.0351 e. The standard InChI is InChI=1S/C7H13N2/c1-2-7(3-5-9-7)6-8-4-1/h3,8-9H,1-2,4-6H2. The zero-order valence-corrected chi connectivity index (χ0v) is 5.61. The SMILES string of the molecule is [CH]1CNC12CCCNC2. The second-order valence-electron chi connectivity index (χ2n) is 3.02. The molecule has 0 aromatic carbocycles. The molecular formula is C7H13N2. The molecule has 0 aliphatic carbocycles. The monoisotopic (exact) mass is 125 g/mol. The van der Waals surface area contributed by atoms with E-state index in [1.54, 1.807) is 0 Å². The highest BCUT2D eigenvalue weighted by Crippen LogP contribution is 2.24. The summed E-state index contributed by atoms with van der Waals surface area (Å²) in [5.74, 6) is 0. The minimum atomic E-state index is 0.415. The largest absolute Gasteiger partial charge is 0.315 e. The number of hydrogen-bond donors (Lipinski definition) is 2. The topological polar surface area (TPSA) is 24.1 Å². The third kappa shape index (κ3) is 0.864. The molecule has 1 spiro atoms. The van der Waals surface area contributed by atoms with Crippen LogP contribution in [0.15, 0.2) is 0 Å². The van der Waals surface area contributed by atoms with E-state index in [1.165, 1.54) is 19.4 Å². The van der Waals surface area contributed by atoms with Gasteiger partial charge in [0.2, 0.25) is 0 Å². The van der Waals surface area contributed by atoms with Crippen LogP contribution in [0.25, 0.3) is 0 Å². The Balaban J connectivity index is 1.93. The fraction of sp³-hybridized carbons (Fsp3) is 0.857.